The third-order valence-corrected chi connectivity index (χ3v) is 5.90. The molecule has 35 heavy (non-hydrogen) atoms. The molecule has 4 heteroatoms. The van der Waals surface area contributed by atoms with Gasteiger partial charge in [0.2, 0.25) is 0 Å². The number of nitrogens with zero attached hydrogens (tertiary/aromatic N) is 1. The van der Waals surface area contributed by atoms with E-state index < -0.39 is 0 Å². The van der Waals surface area contributed by atoms with E-state index in [4.69, 9.17) is 14.0 Å². The summed E-state index contributed by atoms with van der Waals surface area (Å²) in [6.45, 7) is 0. The van der Waals surface area contributed by atoms with Gasteiger partial charge in [-0.25, -0.2) is 0 Å². The molecule has 5 aromatic rings. The quantitative estimate of drug-likeness (QED) is 0.248. The Morgan fingerprint density at radius 3 is 1.71 bits per heavy atom. The van der Waals surface area contributed by atoms with E-state index in [1.165, 1.54) is 11.1 Å². The first kappa shape index (κ1) is 22.2. The summed E-state index contributed by atoms with van der Waals surface area (Å²) in [5.74, 6) is 2.29. The summed E-state index contributed by atoms with van der Waals surface area (Å²) >= 11 is 0. The molecular formula is C31H25NO3. The van der Waals surface area contributed by atoms with Gasteiger partial charge in [0.15, 0.2) is 5.76 Å². The maximum atomic E-state index is 5.86. The van der Waals surface area contributed by atoms with Crippen LogP contribution in [0.3, 0.4) is 0 Å². The highest BCUT2D eigenvalue weighted by Gasteiger charge is 2.17. The van der Waals surface area contributed by atoms with Gasteiger partial charge in [-0.05, 0) is 71.3 Å². The van der Waals surface area contributed by atoms with Crippen molar-refractivity contribution in [3.05, 3.63) is 114 Å². The molecule has 0 unspecified atom stereocenters. The Hall–Kier alpha value is -4.57. The van der Waals surface area contributed by atoms with Crippen LogP contribution in [0.5, 0.6) is 11.5 Å². The normalized spacial score (nSPS) is 11.0. The first-order valence-electron chi connectivity index (χ1n) is 11.4. The fourth-order valence-corrected chi connectivity index (χ4v) is 3.96. The lowest BCUT2D eigenvalue weighted by atomic mass is 10.00. The Morgan fingerprint density at radius 1 is 0.571 bits per heavy atom. The Balaban J connectivity index is 1.52. The molecule has 4 aromatic carbocycles. The Morgan fingerprint density at radius 2 is 1.11 bits per heavy atom. The van der Waals surface area contributed by atoms with E-state index >= 15 is 0 Å². The lowest BCUT2D eigenvalue weighted by Crippen LogP contribution is -1.86. The molecular weight excluding hydrogens is 434 g/mol. The second-order valence-corrected chi connectivity index (χ2v) is 8.05. The molecule has 0 radical (unpaired) electrons. The van der Waals surface area contributed by atoms with Crippen molar-refractivity contribution in [3.63, 3.8) is 0 Å². The fraction of sp³-hybridized carbons (Fsp3) is 0.0645. The number of benzene rings is 4. The van der Waals surface area contributed by atoms with Gasteiger partial charge in [0.05, 0.1) is 19.8 Å². The molecule has 0 aliphatic rings. The molecule has 0 N–H and O–H groups in total. The lowest BCUT2D eigenvalue weighted by Gasteiger charge is -2.04. The van der Waals surface area contributed by atoms with Crippen LogP contribution in [-0.4, -0.2) is 19.4 Å². The van der Waals surface area contributed by atoms with Crippen LogP contribution in [0.15, 0.2) is 108 Å². The molecule has 0 saturated carbocycles. The Kier molecular flexibility index (Phi) is 6.44. The number of methoxy groups -OCH3 is 2. The van der Waals surface area contributed by atoms with Crippen LogP contribution in [0.25, 0.3) is 45.9 Å². The zero-order valence-corrected chi connectivity index (χ0v) is 19.6. The molecule has 172 valence electrons. The van der Waals surface area contributed by atoms with Crippen molar-refractivity contribution in [2.75, 3.05) is 14.2 Å². The molecule has 1 aromatic heterocycles. The van der Waals surface area contributed by atoms with E-state index in [-0.39, 0.29) is 0 Å². The number of rotatable bonds is 7. The van der Waals surface area contributed by atoms with Crippen molar-refractivity contribution in [3.8, 4) is 45.2 Å². The average molecular weight is 460 g/mol. The number of hydrogen-bond donors (Lipinski definition) is 0. The van der Waals surface area contributed by atoms with Crippen molar-refractivity contribution in [2.24, 2.45) is 0 Å². The highest BCUT2D eigenvalue weighted by atomic mass is 16.5. The minimum atomic E-state index is 0.704. The topological polar surface area (TPSA) is 44.5 Å². The zero-order chi connectivity index (χ0) is 24.0. The molecule has 0 atom stereocenters. The summed E-state index contributed by atoms with van der Waals surface area (Å²) in [6, 6.07) is 34.5. The molecule has 0 spiro atoms. The first-order chi connectivity index (χ1) is 17.2. The molecule has 0 aliphatic carbocycles. The number of ether oxygens (including phenoxy) is 2. The predicted molar refractivity (Wildman–Crippen MR) is 141 cm³/mol. The monoisotopic (exact) mass is 459 g/mol. The van der Waals surface area contributed by atoms with Crippen LogP contribution >= 0.6 is 0 Å². The number of aromatic nitrogens is 1. The van der Waals surface area contributed by atoms with Gasteiger partial charge in [-0.15, -0.1) is 0 Å². The highest BCUT2D eigenvalue weighted by Crippen LogP contribution is 2.35. The van der Waals surface area contributed by atoms with Crippen LogP contribution in [0.4, 0.5) is 0 Å². The van der Waals surface area contributed by atoms with Gasteiger partial charge in [0, 0.05) is 11.1 Å². The van der Waals surface area contributed by atoms with Crippen molar-refractivity contribution in [2.45, 2.75) is 0 Å². The summed E-state index contributed by atoms with van der Waals surface area (Å²) in [6.07, 6.45) is 4.15. The molecule has 0 amide bonds. The van der Waals surface area contributed by atoms with E-state index in [1.54, 1.807) is 14.2 Å². The summed E-state index contributed by atoms with van der Waals surface area (Å²) in [5, 5.41) is 4.43. The van der Waals surface area contributed by atoms with Crippen molar-refractivity contribution in [1.82, 2.24) is 5.16 Å². The van der Waals surface area contributed by atoms with E-state index in [1.807, 2.05) is 54.6 Å². The maximum absolute atomic E-state index is 5.86. The molecule has 4 nitrogen and oxygen atoms in total. The second-order valence-electron chi connectivity index (χ2n) is 8.05. The molecule has 0 fully saturated rings. The SMILES string of the molecule is COc1ccc(-c2noc(-c3ccc(OC)cc3)c2/C=C/c2ccc(-c3ccccc3)cc2)cc1. The van der Waals surface area contributed by atoms with Crippen LogP contribution < -0.4 is 9.47 Å². The third-order valence-electron chi connectivity index (χ3n) is 5.90. The fourth-order valence-electron chi connectivity index (χ4n) is 3.96. The first-order valence-corrected chi connectivity index (χ1v) is 11.4. The predicted octanol–water partition coefficient (Wildman–Crippen LogP) is 7.86. The Bertz CT molecular complexity index is 1350. The van der Waals surface area contributed by atoms with Crippen LogP contribution in [0.1, 0.15) is 11.1 Å². The molecule has 0 aliphatic heterocycles. The van der Waals surface area contributed by atoms with Crippen molar-refractivity contribution in [1.29, 1.82) is 0 Å². The van der Waals surface area contributed by atoms with Gasteiger partial charge in [0.25, 0.3) is 0 Å². The zero-order valence-electron chi connectivity index (χ0n) is 19.6. The van der Waals surface area contributed by atoms with Gasteiger partial charge in [-0.3, -0.25) is 0 Å². The van der Waals surface area contributed by atoms with Crippen molar-refractivity contribution >= 4 is 12.2 Å². The minimum Gasteiger partial charge on any atom is -0.497 e. The van der Waals surface area contributed by atoms with Crippen LogP contribution in [0, 0.1) is 0 Å². The molecule has 0 bridgehead atoms. The van der Waals surface area contributed by atoms with Gasteiger partial charge >= 0.3 is 0 Å². The molecule has 0 saturated heterocycles. The summed E-state index contributed by atoms with van der Waals surface area (Å²) in [5.41, 5.74) is 7.04. The van der Waals surface area contributed by atoms with E-state index in [0.29, 0.717) is 5.76 Å². The Labute approximate surface area is 205 Å². The summed E-state index contributed by atoms with van der Waals surface area (Å²) in [7, 11) is 3.31. The number of hydrogen-bond acceptors (Lipinski definition) is 4. The lowest BCUT2D eigenvalue weighted by molar-refractivity contribution is 0.414. The van der Waals surface area contributed by atoms with Gasteiger partial charge in [-0.2, -0.15) is 0 Å². The molecule has 1 heterocycles. The maximum Gasteiger partial charge on any atom is 0.174 e. The minimum absolute atomic E-state index is 0.704. The van der Waals surface area contributed by atoms with Crippen LogP contribution in [-0.2, 0) is 0 Å². The smallest absolute Gasteiger partial charge is 0.174 e. The average Bonchev–Trinajstić information content (AvgIpc) is 3.36. The van der Waals surface area contributed by atoms with Gasteiger partial charge in [-0.1, -0.05) is 65.8 Å². The van der Waals surface area contributed by atoms with E-state index in [2.05, 4.69) is 65.8 Å². The third kappa shape index (κ3) is 4.87. The van der Waals surface area contributed by atoms with E-state index in [9.17, 15) is 0 Å². The second kappa shape index (κ2) is 10.1. The van der Waals surface area contributed by atoms with Crippen LogP contribution in [0.2, 0.25) is 0 Å². The highest BCUT2D eigenvalue weighted by molar-refractivity contribution is 5.86. The largest absolute Gasteiger partial charge is 0.497 e. The van der Waals surface area contributed by atoms with Gasteiger partial charge < -0.3 is 14.0 Å². The standard InChI is InChI=1S/C31H25NO3/c1-33-27-17-13-25(14-18-27)30-29(31(35-32-30)26-15-19-28(34-2)20-16-26)21-10-22-8-11-24(12-9-22)23-6-4-3-5-7-23/h3-21H,1-2H3/b21-10+. The van der Waals surface area contributed by atoms with Gasteiger partial charge in [0.1, 0.15) is 17.2 Å². The summed E-state index contributed by atoms with van der Waals surface area (Å²) < 4.78 is 16.5. The van der Waals surface area contributed by atoms with E-state index in [0.717, 1.165) is 39.4 Å². The van der Waals surface area contributed by atoms with Crippen molar-refractivity contribution < 1.29 is 14.0 Å². The summed E-state index contributed by atoms with van der Waals surface area (Å²) in [4.78, 5) is 0. The molecule has 5 rings (SSSR count).